The van der Waals surface area contributed by atoms with Crippen LogP contribution in [0.1, 0.15) is 16.9 Å². The van der Waals surface area contributed by atoms with Gasteiger partial charge in [0, 0.05) is 16.1 Å². The molecule has 1 aliphatic heterocycles. The molecule has 30 heavy (non-hydrogen) atoms. The van der Waals surface area contributed by atoms with Gasteiger partial charge in [-0.05, 0) is 73.1 Å². The summed E-state index contributed by atoms with van der Waals surface area (Å²) in [6.45, 7) is 4.01. The highest BCUT2D eigenvalue weighted by atomic mass is 79.9. The van der Waals surface area contributed by atoms with Crippen molar-refractivity contribution < 1.29 is 9.21 Å². The summed E-state index contributed by atoms with van der Waals surface area (Å²) >= 11 is 17.2. The van der Waals surface area contributed by atoms with E-state index in [1.165, 1.54) is 11.8 Å². The molecule has 152 valence electrons. The van der Waals surface area contributed by atoms with Gasteiger partial charge in [0.05, 0.1) is 20.6 Å². The lowest BCUT2D eigenvalue weighted by Crippen LogP contribution is -2.19. The Hall–Kier alpha value is -1.99. The van der Waals surface area contributed by atoms with Gasteiger partial charge in [0.15, 0.2) is 5.17 Å². The molecule has 1 aliphatic rings. The molecule has 1 aromatic heterocycles. The lowest BCUT2D eigenvalue weighted by molar-refractivity contribution is -0.115. The van der Waals surface area contributed by atoms with E-state index in [2.05, 4.69) is 26.2 Å². The first-order valence-electron chi connectivity index (χ1n) is 8.92. The second-order valence-electron chi connectivity index (χ2n) is 6.68. The van der Waals surface area contributed by atoms with Crippen molar-refractivity contribution in [1.29, 1.82) is 0 Å². The standard InChI is InChI=1S/C22H15BrCl2N2O2S/c1-11-8-13(9-12(2)19(11)23)26-22-27-21(28)18(30-22)10-14-6-7-17(29-14)15-4-3-5-16(24)20(15)25/h3-10H,1-2H3,(H,26,27,28)/b18-10+. The summed E-state index contributed by atoms with van der Waals surface area (Å²) in [5.41, 5.74) is 3.65. The van der Waals surface area contributed by atoms with Crippen molar-refractivity contribution >= 4 is 73.7 Å². The van der Waals surface area contributed by atoms with Gasteiger partial charge >= 0.3 is 0 Å². The molecule has 8 heteroatoms. The van der Waals surface area contributed by atoms with Gasteiger partial charge in [-0.25, -0.2) is 4.99 Å². The zero-order chi connectivity index (χ0) is 21.4. The highest BCUT2D eigenvalue weighted by molar-refractivity contribution is 9.10. The Kier molecular flexibility index (Phi) is 6.11. The molecule has 1 saturated heterocycles. The van der Waals surface area contributed by atoms with Crippen LogP contribution in [0.25, 0.3) is 17.4 Å². The number of rotatable bonds is 3. The molecule has 0 saturated carbocycles. The number of amides is 1. The van der Waals surface area contributed by atoms with Crippen molar-refractivity contribution in [2.24, 2.45) is 4.99 Å². The fourth-order valence-corrected chi connectivity index (χ4v) is 4.43. The van der Waals surface area contributed by atoms with Gasteiger partial charge in [0.25, 0.3) is 5.91 Å². The minimum absolute atomic E-state index is 0.219. The number of thioether (sulfide) groups is 1. The zero-order valence-corrected chi connectivity index (χ0v) is 19.8. The van der Waals surface area contributed by atoms with Gasteiger partial charge in [-0.1, -0.05) is 45.2 Å². The molecule has 1 N–H and O–H groups in total. The van der Waals surface area contributed by atoms with Gasteiger partial charge in [-0.15, -0.1) is 0 Å². The number of nitrogens with zero attached hydrogens (tertiary/aromatic N) is 1. The molecule has 0 atom stereocenters. The summed E-state index contributed by atoms with van der Waals surface area (Å²) in [7, 11) is 0. The Morgan fingerprint density at radius 3 is 2.60 bits per heavy atom. The van der Waals surface area contributed by atoms with Crippen molar-refractivity contribution in [3.8, 4) is 11.3 Å². The van der Waals surface area contributed by atoms with E-state index in [0.29, 0.717) is 37.2 Å². The highest BCUT2D eigenvalue weighted by Crippen LogP contribution is 2.36. The normalized spacial score (nSPS) is 16.5. The lowest BCUT2D eigenvalue weighted by Gasteiger charge is -2.04. The molecule has 0 radical (unpaired) electrons. The van der Waals surface area contributed by atoms with Crippen molar-refractivity contribution in [2.45, 2.75) is 13.8 Å². The van der Waals surface area contributed by atoms with E-state index in [1.54, 1.807) is 30.3 Å². The van der Waals surface area contributed by atoms with Crippen LogP contribution in [0.3, 0.4) is 0 Å². The first-order chi connectivity index (χ1) is 14.3. The number of halogens is 3. The predicted octanol–water partition coefficient (Wildman–Crippen LogP) is 7.52. The van der Waals surface area contributed by atoms with E-state index < -0.39 is 0 Å². The van der Waals surface area contributed by atoms with Crippen LogP contribution < -0.4 is 5.32 Å². The molecule has 4 nitrogen and oxygen atoms in total. The van der Waals surface area contributed by atoms with E-state index in [1.807, 2.05) is 32.0 Å². The predicted molar refractivity (Wildman–Crippen MR) is 129 cm³/mol. The van der Waals surface area contributed by atoms with Crippen LogP contribution in [0, 0.1) is 13.8 Å². The smallest absolute Gasteiger partial charge is 0.264 e. The molecule has 2 heterocycles. The Morgan fingerprint density at radius 1 is 1.13 bits per heavy atom. The molecule has 0 unspecified atom stereocenters. The van der Waals surface area contributed by atoms with E-state index in [9.17, 15) is 4.79 Å². The minimum Gasteiger partial charge on any atom is -0.457 e. The summed E-state index contributed by atoms with van der Waals surface area (Å²) in [6.07, 6.45) is 1.68. The number of nitrogens with one attached hydrogen (secondary N) is 1. The number of aliphatic imine (C=N–C) groups is 1. The van der Waals surface area contributed by atoms with E-state index in [4.69, 9.17) is 27.6 Å². The molecule has 4 rings (SSSR count). The molecular weight excluding hydrogens is 507 g/mol. The second-order valence-corrected chi connectivity index (χ2v) is 9.29. The van der Waals surface area contributed by atoms with Crippen molar-refractivity contribution in [3.63, 3.8) is 0 Å². The molecule has 0 spiro atoms. The molecule has 1 fully saturated rings. The number of carbonyl (C=O) groups excluding carboxylic acids is 1. The van der Waals surface area contributed by atoms with Crippen LogP contribution in [-0.2, 0) is 4.79 Å². The Balaban J connectivity index is 1.58. The van der Waals surface area contributed by atoms with Crippen molar-refractivity contribution in [3.05, 3.63) is 78.8 Å². The summed E-state index contributed by atoms with van der Waals surface area (Å²) in [4.78, 5) is 17.4. The van der Waals surface area contributed by atoms with Gasteiger partial charge < -0.3 is 9.73 Å². The average molecular weight is 522 g/mol. The van der Waals surface area contributed by atoms with Crippen LogP contribution >= 0.6 is 50.9 Å². The number of carbonyl (C=O) groups is 1. The maximum absolute atomic E-state index is 12.4. The Morgan fingerprint density at radius 2 is 1.87 bits per heavy atom. The minimum atomic E-state index is -0.219. The first-order valence-corrected chi connectivity index (χ1v) is 11.3. The molecule has 0 aliphatic carbocycles. The van der Waals surface area contributed by atoms with E-state index >= 15 is 0 Å². The number of aryl methyl sites for hydroxylation is 2. The highest BCUT2D eigenvalue weighted by Gasteiger charge is 2.24. The molecule has 2 aromatic carbocycles. The fourth-order valence-electron chi connectivity index (χ4n) is 2.98. The van der Waals surface area contributed by atoms with Gasteiger partial charge in [-0.3, -0.25) is 4.79 Å². The third-order valence-electron chi connectivity index (χ3n) is 4.42. The van der Waals surface area contributed by atoms with Crippen LogP contribution in [0.15, 0.2) is 61.3 Å². The lowest BCUT2D eigenvalue weighted by atomic mass is 10.1. The largest absolute Gasteiger partial charge is 0.457 e. The summed E-state index contributed by atoms with van der Waals surface area (Å²) in [6, 6.07) is 12.9. The van der Waals surface area contributed by atoms with Crippen LogP contribution in [-0.4, -0.2) is 11.1 Å². The number of hydrogen-bond acceptors (Lipinski definition) is 4. The van der Waals surface area contributed by atoms with E-state index in [-0.39, 0.29) is 5.91 Å². The summed E-state index contributed by atoms with van der Waals surface area (Å²) < 4.78 is 6.91. The first kappa shape index (κ1) is 21.2. The Labute approximate surface area is 196 Å². The maximum Gasteiger partial charge on any atom is 0.264 e. The molecule has 3 aromatic rings. The van der Waals surface area contributed by atoms with Crippen LogP contribution in [0.5, 0.6) is 0 Å². The van der Waals surface area contributed by atoms with Gasteiger partial charge in [-0.2, -0.15) is 0 Å². The zero-order valence-electron chi connectivity index (χ0n) is 15.9. The topological polar surface area (TPSA) is 54.6 Å². The van der Waals surface area contributed by atoms with Crippen molar-refractivity contribution in [1.82, 2.24) is 5.32 Å². The summed E-state index contributed by atoms with van der Waals surface area (Å²) in [5.74, 6) is 0.894. The molecular formula is C22H15BrCl2N2O2S. The number of benzene rings is 2. The van der Waals surface area contributed by atoms with Gasteiger partial charge in [0.1, 0.15) is 11.5 Å². The maximum atomic E-state index is 12.4. The third-order valence-corrected chi connectivity index (χ3v) is 7.40. The molecule has 0 bridgehead atoms. The fraction of sp³-hybridized carbons (Fsp3) is 0.0909. The van der Waals surface area contributed by atoms with Crippen molar-refractivity contribution in [2.75, 3.05) is 0 Å². The molecule has 1 amide bonds. The number of amidine groups is 1. The quantitative estimate of drug-likeness (QED) is 0.362. The summed E-state index contributed by atoms with van der Waals surface area (Å²) in [5, 5.41) is 4.20. The number of furan rings is 1. The average Bonchev–Trinajstić information content (AvgIpc) is 3.29. The van der Waals surface area contributed by atoms with E-state index in [0.717, 1.165) is 21.3 Å². The Bertz CT molecular complexity index is 1210. The van der Waals surface area contributed by atoms with Crippen LogP contribution in [0.2, 0.25) is 10.0 Å². The monoisotopic (exact) mass is 520 g/mol. The number of hydrogen-bond donors (Lipinski definition) is 1. The van der Waals surface area contributed by atoms with Gasteiger partial charge in [0.2, 0.25) is 0 Å². The second kappa shape index (κ2) is 8.63. The van der Waals surface area contributed by atoms with Crippen LogP contribution in [0.4, 0.5) is 5.69 Å². The SMILES string of the molecule is Cc1cc(N=C2NC(=O)/C(=C\c3ccc(-c4cccc(Cl)c4Cl)o3)S2)cc(C)c1Br. The third kappa shape index (κ3) is 4.37.